The van der Waals surface area contributed by atoms with Crippen LogP contribution in [0.1, 0.15) is 31.9 Å². The predicted octanol–water partition coefficient (Wildman–Crippen LogP) is 4.02. The molecule has 1 aliphatic heterocycles. The summed E-state index contributed by atoms with van der Waals surface area (Å²) in [4.78, 5) is 26.9. The molecule has 2 aromatic rings. The number of methoxy groups -OCH3 is 1. The number of esters is 1. The number of hydrogen-bond acceptors (Lipinski definition) is 5. The number of para-hydroxylation sites is 1. The third kappa shape index (κ3) is 4.64. The summed E-state index contributed by atoms with van der Waals surface area (Å²) < 4.78 is 16.2. The molecular formula is C24H27NO5. The summed E-state index contributed by atoms with van der Waals surface area (Å²) in [5.41, 5.74) is 2.77. The van der Waals surface area contributed by atoms with Crippen molar-refractivity contribution in [1.29, 1.82) is 0 Å². The fourth-order valence-corrected chi connectivity index (χ4v) is 3.59. The normalized spacial score (nSPS) is 16.3. The topological polar surface area (TPSA) is 65.1 Å². The number of amides is 1. The van der Waals surface area contributed by atoms with E-state index in [1.165, 1.54) is 6.08 Å². The van der Waals surface area contributed by atoms with E-state index in [9.17, 15) is 9.59 Å². The zero-order valence-corrected chi connectivity index (χ0v) is 17.8. The Labute approximate surface area is 177 Å². The molecule has 0 aromatic heterocycles. The van der Waals surface area contributed by atoms with Gasteiger partial charge in [0.1, 0.15) is 0 Å². The van der Waals surface area contributed by atoms with E-state index < -0.39 is 12.1 Å². The first-order valence-corrected chi connectivity index (χ1v) is 10.0. The van der Waals surface area contributed by atoms with Gasteiger partial charge < -0.3 is 19.1 Å². The van der Waals surface area contributed by atoms with Crippen LogP contribution in [0.4, 0.5) is 5.69 Å². The summed E-state index contributed by atoms with van der Waals surface area (Å²) in [5, 5.41) is 0. The Morgan fingerprint density at radius 1 is 1.20 bits per heavy atom. The number of anilines is 1. The Morgan fingerprint density at radius 3 is 2.70 bits per heavy atom. The van der Waals surface area contributed by atoms with Crippen molar-refractivity contribution in [2.75, 3.05) is 18.6 Å². The van der Waals surface area contributed by atoms with Crippen LogP contribution in [0.2, 0.25) is 0 Å². The minimum absolute atomic E-state index is 0.0305. The Balaban J connectivity index is 1.64. The van der Waals surface area contributed by atoms with Gasteiger partial charge in [-0.2, -0.15) is 0 Å². The van der Waals surface area contributed by atoms with Gasteiger partial charge in [-0.1, -0.05) is 24.3 Å². The third-order valence-corrected chi connectivity index (χ3v) is 4.98. The average Bonchev–Trinajstić information content (AvgIpc) is 3.08. The third-order valence-electron chi connectivity index (χ3n) is 4.98. The Bertz CT molecular complexity index is 952. The molecule has 0 fully saturated rings. The molecule has 2 aromatic carbocycles. The van der Waals surface area contributed by atoms with E-state index in [2.05, 4.69) is 0 Å². The smallest absolute Gasteiger partial charge is 0.331 e. The second kappa shape index (κ2) is 9.48. The lowest BCUT2D eigenvalue weighted by molar-refractivity contribution is -0.149. The van der Waals surface area contributed by atoms with Gasteiger partial charge in [-0.3, -0.25) is 4.79 Å². The molecule has 2 atom stereocenters. The molecule has 0 aliphatic carbocycles. The molecule has 0 bridgehead atoms. The summed E-state index contributed by atoms with van der Waals surface area (Å²) in [6.07, 6.45) is 2.83. The number of ether oxygens (including phenoxy) is 3. The SMILES string of the molecule is CCOc1ccc(/C=C/C(=O)O[C@@H](C)C(=O)N2c3ccccc3C[C@H]2C)cc1OC. The molecule has 0 saturated heterocycles. The molecule has 0 spiro atoms. The van der Waals surface area contributed by atoms with E-state index in [1.54, 1.807) is 37.1 Å². The predicted molar refractivity (Wildman–Crippen MR) is 116 cm³/mol. The van der Waals surface area contributed by atoms with Gasteiger partial charge >= 0.3 is 5.97 Å². The summed E-state index contributed by atoms with van der Waals surface area (Å²) in [5.74, 6) is 0.414. The van der Waals surface area contributed by atoms with E-state index in [4.69, 9.17) is 14.2 Å². The van der Waals surface area contributed by atoms with Crippen molar-refractivity contribution in [3.63, 3.8) is 0 Å². The molecule has 6 heteroatoms. The quantitative estimate of drug-likeness (QED) is 0.511. The second-order valence-electron chi connectivity index (χ2n) is 7.15. The fraction of sp³-hybridized carbons (Fsp3) is 0.333. The van der Waals surface area contributed by atoms with Crippen LogP contribution in [0.3, 0.4) is 0 Å². The van der Waals surface area contributed by atoms with Gasteiger partial charge in [-0.15, -0.1) is 0 Å². The summed E-state index contributed by atoms with van der Waals surface area (Å²) in [7, 11) is 1.56. The van der Waals surface area contributed by atoms with Crippen molar-refractivity contribution in [2.45, 2.75) is 39.3 Å². The monoisotopic (exact) mass is 409 g/mol. The van der Waals surface area contributed by atoms with Gasteiger partial charge in [0.05, 0.1) is 13.7 Å². The van der Waals surface area contributed by atoms with Crippen LogP contribution in [0.25, 0.3) is 6.08 Å². The maximum absolute atomic E-state index is 12.9. The number of fused-ring (bicyclic) bond motifs is 1. The Morgan fingerprint density at radius 2 is 1.97 bits per heavy atom. The first-order chi connectivity index (χ1) is 14.4. The molecule has 3 rings (SSSR count). The van der Waals surface area contributed by atoms with Crippen molar-refractivity contribution in [2.24, 2.45) is 0 Å². The van der Waals surface area contributed by atoms with Gasteiger partial charge in [0.15, 0.2) is 17.6 Å². The van der Waals surface area contributed by atoms with Crippen molar-refractivity contribution in [3.8, 4) is 11.5 Å². The van der Waals surface area contributed by atoms with Crippen LogP contribution in [0.5, 0.6) is 11.5 Å². The molecule has 6 nitrogen and oxygen atoms in total. The summed E-state index contributed by atoms with van der Waals surface area (Å²) in [6, 6.07) is 13.2. The van der Waals surface area contributed by atoms with Gasteiger partial charge in [0.25, 0.3) is 5.91 Å². The van der Waals surface area contributed by atoms with Crippen LogP contribution in [0, 0.1) is 0 Å². The van der Waals surface area contributed by atoms with E-state index in [1.807, 2.05) is 44.2 Å². The zero-order valence-electron chi connectivity index (χ0n) is 17.8. The van der Waals surface area contributed by atoms with E-state index in [0.717, 1.165) is 23.2 Å². The number of benzene rings is 2. The lowest BCUT2D eigenvalue weighted by Crippen LogP contribution is -2.43. The summed E-state index contributed by atoms with van der Waals surface area (Å²) >= 11 is 0. The molecule has 0 radical (unpaired) electrons. The first-order valence-electron chi connectivity index (χ1n) is 10.0. The number of hydrogen-bond donors (Lipinski definition) is 0. The molecule has 0 unspecified atom stereocenters. The molecule has 158 valence electrons. The largest absolute Gasteiger partial charge is 0.493 e. The first kappa shape index (κ1) is 21.4. The van der Waals surface area contributed by atoms with Crippen molar-refractivity contribution in [3.05, 3.63) is 59.7 Å². The fourth-order valence-electron chi connectivity index (χ4n) is 3.59. The van der Waals surface area contributed by atoms with Gasteiger partial charge in [0.2, 0.25) is 0 Å². The van der Waals surface area contributed by atoms with Gasteiger partial charge in [-0.25, -0.2) is 4.79 Å². The average molecular weight is 409 g/mol. The Hall–Kier alpha value is -3.28. The molecule has 1 aliphatic rings. The zero-order chi connectivity index (χ0) is 21.7. The molecule has 0 saturated carbocycles. The summed E-state index contributed by atoms with van der Waals surface area (Å²) in [6.45, 7) is 6.02. The van der Waals surface area contributed by atoms with Crippen molar-refractivity contribution >= 4 is 23.6 Å². The van der Waals surface area contributed by atoms with E-state index in [-0.39, 0.29) is 11.9 Å². The number of rotatable bonds is 7. The van der Waals surface area contributed by atoms with Crippen LogP contribution in [0.15, 0.2) is 48.5 Å². The maximum Gasteiger partial charge on any atom is 0.331 e. The molecular weight excluding hydrogens is 382 g/mol. The van der Waals surface area contributed by atoms with Crippen LogP contribution in [-0.4, -0.2) is 37.7 Å². The minimum atomic E-state index is -0.884. The molecule has 30 heavy (non-hydrogen) atoms. The molecule has 1 heterocycles. The second-order valence-corrected chi connectivity index (χ2v) is 7.15. The van der Waals surface area contributed by atoms with Gasteiger partial charge in [-0.05, 0) is 62.6 Å². The van der Waals surface area contributed by atoms with Gasteiger partial charge in [0, 0.05) is 17.8 Å². The Kier molecular flexibility index (Phi) is 6.77. The lowest BCUT2D eigenvalue weighted by atomic mass is 10.1. The maximum atomic E-state index is 12.9. The lowest BCUT2D eigenvalue weighted by Gasteiger charge is -2.25. The highest BCUT2D eigenvalue weighted by atomic mass is 16.5. The highest BCUT2D eigenvalue weighted by Crippen LogP contribution is 2.32. The molecule has 0 N–H and O–H groups in total. The van der Waals surface area contributed by atoms with Crippen molar-refractivity contribution in [1.82, 2.24) is 0 Å². The van der Waals surface area contributed by atoms with Crippen LogP contribution >= 0.6 is 0 Å². The number of carbonyl (C=O) groups is 2. The number of carbonyl (C=O) groups excluding carboxylic acids is 2. The van der Waals surface area contributed by atoms with Crippen LogP contribution in [-0.2, 0) is 20.7 Å². The van der Waals surface area contributed by atoms with E-state index >= 15 is 0 Å². The van der Waals surface area contributed by atoms with Crippen LogP contribution < -0.4 is 14.4 Å². The van der Waals surface area contributed by atoms with Crippen molar-refractivity contribution < 1.29 is 23.8 Å². The number of nitrogens with zero attached hydrogens (tertiary/aromatic N) is 1. The highest BCUT2D eigenvalue weighted by molar-refractivity contribution is 6.00. The van der Waals surface area contributed by atoms with E-state index in [0.29, 0.717) is 18.1 Å². The highest BCUT2D eigenvalue weighted by Gasteiger charge is 2.34. The minimum Gasteiger partial charge on any atom is -0.493 e. The standard InChI is InChI=1S/C24H27NO5/c1-5-29-21-12-10-18(15-22(21)28-4)11-13-23(26)30-17(3)24(27)25-16(2)14-19-8-6-7-9-20(19)25/h6-13,15-17H,5,14H2,1-4H3/b13-11+/t16-,17+/m1/s1. The molecule has 1 amide bonds.